The summed E-state index contributed by atoms with van der Waals surface area (Å²) in [6.07, 6.45) is 0. The molecule has 0 aliphatic rings. The van der Waals surface area contributed by atoms with E-state index in [0.29, 0.717) is 0 Å². The molecule has 0 rings (SSSR count). The summed E-state index contributed by atoms with van der Waals surface area (Å²) in [4.78, 5) is 0. The first-order valence-corrected chi connectivity index (χ1v) is 1.60. The molecule has 0 atom stereocenters. The molecule has 0 spiro atoms. The van der Waals surface area contributed by atoms with Crippen molar-refractivity contribution in [2.45, 2.75) is 0 Å². The van der Waals surface area contributed by atoms with Crippen LogP contribution in [0.5, 0.6) is 0 Å². The summed E-state index contributed by atoms with van der Waals surface area (Å²) in [7, 11) is 0. The third kappa shape index (κ3) is 29.8. The van der Waals surface area contributed by atoms with Gasteiger partial charge in [0.05, 0.1) is 0 Å². The molecule has 2 N–H and O–H groups in total. The van der Waals surface area contributed by atoms with Crippen LogP contribution < -0.4 is 0 Å². The molecule has 6 heavy (non-hydrogen) atoms. The van der Waals surface area contributed by atoms with Crippen molar-refractivity contribution in [3.63, 3.8) is 0 Å². The van der Waals surface area contributed by atoms with E-state index in [9.17, 15) is 0 Å². The van der Waals surface area contributed by atoms with Crippen LogP contribution in [0.1, 0.15) is 0 Å². The number of hydrogen-bond acceptors (Lipinski definition) is 1. The second-order valence-corrected chi connectivity index (χ2v) is 0.692. The first-order chi connectivity index (χ1) is 1.73. The minimum atomic E-state index is -2.61. The summed E-state index contributed by atoms with van der Waals surface area (Å²) in [5.74, 6) is 0. The molecule has 0 saturated heterocycles. The predicted octanol–water partition coefficient (Wildman–Crippen LogP) is -1.62. The summed E-state index contributed by atoms with van der Waals surface area (Å²) < 4.78 is 22.8. The summed E-state index contributed by atoms with van der Waals surface area (Å²) in [5.41, 5.74) is 0. The first-order valence-electron chi connectivity index (χ1n) is 0.532. The van der Waals surface area contributed by atoms with E-state index in [4.69, 9.17) is 13.3 Å². The van der Waals surface area contributed by atoms with E-state index in [2.05, 4.69) is 0 Å². The molecule has 0 unspecified atom stereocenters. The molecule has 0 fully saturated rings. The van der Waals surface area contributed by atoms with Gasteiger partial charge < -0.3 is 0 Å². The summed E-state index contributed by atoms with van der Waals surface area (Å²) >= 11 is -2.61. The molecule has 0 aromatic heterocycles. The van der Waals surface area contributed by atoms with Crippen molar-refractivity contribution >= 4 is 92.3 Å². The number of rotatable bonds is 0. The fraction of sp³-hybridized carbons (Fsp3) is 0. The monoisotopic (exact) mass is 146 g/mol. The van der Waals surface area contributed by atoms with Crippen LogP contribution in [0.2, 0.25) is 0 Å². The Hall–Kier alpha value is 2.71. The molecule has 0 aromatic rings. The Kier molecular flexibility index (Phi) is 28.2. The van der Waals surface area contributed by atoms with Crippen molar-refractivity contribution in [1.29, 1.82) is 0 Å². The fourth-order valence-corrected chi connectivity index (χ4v) is 0. The van der Waals surface area contributed by atoms with Crippen LogP contribution in [-0.4, -0.2) is 94.3 Å². The molecule has 3 nitrogen and oxygen atoms in total. The second-order valence-electron chi connectivity index (χ2n) is 0.231. The fourth-order valence-electron chi connectivity index (χ4n) is 0. The van der Waals surface area contributed by atoms with Crippen LogP contribution in [0.3, 0.4) is 0 Å². The standard InChI is InChI=1S/K.Na.H2O3S.2H/c;;1-4(2)3;;/h;;(H2,1,2,3);;. The molecule has 0 aromatic carbocycles. The van der Waals surface area contributed by atoms with E-state index in [1.165, 1.54) is 0 Å². The van der Waals surface area contributed by atoms with E-state index in [0.717, 1.165) is 0 Å². The Morgan fingerprint density at radius 3 is 1.33 bits per heavy atom. The van der Waals surface area contributed by atoms with Crippen molar-refractivity contribution in [2.75, 3.05) is 0 Å². The van der Waals surface area contributed by atoms with Crippen LogP contribution in [0.15, 0.2) is 0 Å². The summed E-state index contributed by atoms with van der Waals surface area (Å²) in [5, 5.41) is 0. The third-order valence-electron chi connectivity index (χ3n) is 0. The van der Waals surface area contributed by atoms with Crippen LogP contribution >= 0.6 is 0 Å². The zero-order valence-electron chi connectivity index (χ0n) is 1.71. The molecule has 0 amide bonds. The van der Waals surface area contributed by atoms with Crippen molar-refractivity contribution in [2.24, 2.45) is 0 Å². The Labute approximate surface area is 103 Å². The van der Waals surface area contributed by atoms with Gasteiger partial charge in [-0.05, 0) is 0 Å². The van der Waals surface area contributed by atoms with Gasteiger partial charge in [0.2, 0.25) is 0 Å². The normalized spacial score (nSPS) is 5.83. The van der Waals surface area contributed by atoms with Gasteiger partial charge in [0.25, 0.3) is 11.4 Å². The SMILES string of the molecule is O=S(O)O.[KH].[NaH]. The van der Waals surface area contributed by atoms with Crippen LogP contribution in [0, 0.1) is 0 Å². The molecule has 0 radical (unpaired) electrons. The third-order valence-corrected chi connectivity index (χ3v) is 0. The molecule has 0 bridgehead atoms. The van der Waals surface area contributed by atoms with Gasteiger partial charge in [-0.15, -0.1) is 0 Å². The van der Waals surface area contributed by atoms with E-state index in [-0.39, 0.29) is 80.9 Å². The zero-order valence-corrected chi connectivity index (χ0v) is 2.53. The predicted molar refractivity (Wildman–Crippen MR) is 27.7 cm³/mol. The van der Waals surface area contributed by atoms with Crippen LogP contribution in [0.25, 0.3) is 0 Å². The van der Waals surface area contributed by atoms with Crippen molar-refractivity contribution in [3.8, 4) is 0 Å². The number of hydrogen-bond donors (Lipinski definition) is 2. The first kappa shape index (κ1) is 15.9. The van der Waals surface area contributed by atoms with Crippen molar-refractivity contribution < 1.29 is 13.3 Å². The maximum atomic E-state index is 8.67. The van der Waals surface area contributed by atoms with Gasteiger partial charge in [0, 0.05) is 0 Å². The molecule has 6 heteroatoms. The Morgan fingerprint density at radius 2 is 1.33 bits per heavy atom. The molecular formula is H4KNaO3S. The molecule has 30 valence electrons. The van der Waals surface area contributed by atoms with Crippen LogP contribution in [-0.2, 0) is 11.4 Å². The van der Waals surface area contributed by atoms with E-state index in [1.54, 1.807) is 0 Å². The Bertz CT molecular complexity index is 33.8. The quantitative estimate of drug-likeness (QED) is 0.319. The van der Waals surface area contributed by atoms with Gasteiger partial charge in [0.1, 0.15) is 0 Å². The zero-order chi connectivity index (χ0) is 3.58. The van der Waals surface area contributed by atoms with Gasteiger partial charge >= 0.3 is 80.9 Å². The summed E-state index contributed by atoms with van der Waals surface area (Å²) in [6.45, 7) is 0. The maximum absolute atomic E-state index is 8.67. The Morgan fingerprint density at radius 1 is 1.33 bits per heavy atom. The van der Waals surface area contributed by atoms with E-state index in [1.807, 2.05) is 0 Å². The van der Waals surface area contributed by atoms with Gasteiger partial charge in [-0.2, -0.15) is 4.21 Å². The molecule has 0 aliphatic carbocycles. The van der Waals surface area contributed by atoms with Crippen molar-refractivity contribution in [3.05, 3.63) is 0 Å². The van der Waals surface area contributed by atoms with Gasteiger partial charge in [-0.1, -0.05) is 0 Å². The van der Waals surface area contributed by atoms with Gasteiger partial charge in [-0.25, -0.2) is 0 Å². The van der Waals surface area contributed by atoms with Crippen molar-refractivity contribution in [1.82, 2.24) is 0 Å². The topological polar surface area (TPSA) is 57.5 Å². The van der Waals surface area contributed by atoms with E-state index >= 15 is 0 Å². The van der Waals surface area contributed by atoms with Gasteiger partial charge in [0.15, 0.2) is 0 Å². The average molecular weight is 146 g/mol. The molecule has 0 heterocycles. The van der Waals surface area contributed by atoms with Crippen LogP contribution in [0.4, 0.5) is 0 Å². The van der Waals surface area contributed by atoms with Gasteiger partial charge in [-0.3, -0.25) is 9.11 Å². The Balaban J connectivity index is -0.0000000450. The molecular weight excluding hydrogens is 142 g/mol. The molecule has 0 aliphatic heterocycles. The average Bonchev–Trinajstić information content (AvgIpc) is 0.811. The van der Waals surface area contributed by atoms with E-state index < -0.39 is 11.4 Å². The minimum absolute atomic E-state index is 0. The molecule has 0 saturated carbocycles. The second kappa shape index (κ2) is 10.6. The summed E-state index contributed by atoms with van der Waals surface area (Å²) in [6, 6.07) is 0.